The van der Waals surface area contributed by atoms with Gasteiger partial charge in [-0.1, -0.05) is 42.0 Å². The van der Waals surface area contributed by atoms with Crippen LogP contribution >= 0.6 is 0 Å². The monoisotopic (exact) mass is 275 g/mol. The summed E-state index contributed by atoms with van der Waals surface area (Å²) in [5.74, 6) is 0. The maximum Gasteiger partial charge on any atom is 0.244 e. The van der Waals surface area contributed by atoms with Crippen molar-refractivity contribution in [2.45, 2.75) is 36.7 Å². The molecule has 1 aromatic carbocycles. The van der Waals surface area contributed by atoms with Crippen LogP contribution in [0.3, 0.4) is 0 Å². The molecule has 0 saturated carbocycles. The lowest BCUT2D eigenvalue weighted by Crippen LogP contribution is -2.48. The minimum Gasteiger partial charge on any atom is -0.207 e. The lowest BCUT2D eigenvalue weighted by molar-refractivity contribution is 0.291. The maximum atomic E-state index is 12.8. The Morgan fingerprint density at radius 3 is 2.05 bits per heavy atom. The second-order valence-electron chi connectivity index (χ2n) is 5.11. The van der Waals surface area contributed by atoms with Crippen molar-refractivity contribution in [2.24, 2.45) is 0 Å². The van der Waals surface area contributed by atoms with E-state index in [1.165, 1.54) is 0 Å². The third-order valence-electron chi connectivity index (χ3n) is 3.72. The molecule has 3 nitrogen and oxygen atoms in total. The van der Waals surface area contributed by atoms with Gasteiger partial charge in [-0.25, -0.2) is 8.42 Å². The minimum absolute atomic E-state index is 0.0324. The summed E-state index contributed by atoms with van der Waals surface area (Å²) < 4.78 is 27.2. The average Bonchev–Trinajstić information content (AvgIpc) is 2.38. The first-order valence-electron chi connectivity index (χ1n) is 6.52. The first-order valence-corrected chi connectivity index (χ1v) is 7.96. The van der Waals surface area contributed by atoms with Gasteiger partial charge in [0.05, 0.1) is 4.90 Å². The topological polar surface area (TPSA) is 37.4 Å². The molecule has 2 aliphatic rings. The number of rotatable bonds is 2. The molecule has 0 N–H and O–H groups in total. The average molecular weight is 275 g/mol. The molecule has 0 aliphatic carbocycles. The predicted molar refractivity (Wildman–Crippen MR) is 75.3 cm³/mol. The van der Waals surface area contributed by atoms with Gasteiger partial charge in [0.25, 0.3) is 0 Å². The van der Waals surface area contributed by atoms with Gasteiger partial charge in [-0.15, -0.1) is 0 Å². The zero-order valence-corrected chi connectivity index (χ0v) is 11.7. The minimum atomic E-state index is -3.41. The highest BCUT2D eigenvalue weighted by Crippen LogP contribution is 2.31. The van der Waals surface area contributed by atoms with Crippen molar-refractivity contribution < 1.29 is 8.42 Å². The fourth-order valence-corrected chi connectivity index (χ4v) is 4.47. The third-order valence-corrected chi connectivity index (χ3v) is 5.69. The molecule has 0 saturated heterocycles. The molecule has 0 aromatic heterocycles. The zero-order chi connectivity index (χ0) is 13.5. The molecule has 2 atom stereocenters. The van der Waals surface area contributed by atoms with E-state index in [-0.39, 0.29) is 12.1 Å². The summed E-state index contributed by atoms with van der Waals surface area (Å²) in [5, 5.41) is 0. The first kappa shape index (κ1) is 12.6. The standard InChI is InChI=1S/C15H17NO2S/c1-12-8-10-15(11-9-12)19(17,18)16-13-4-2-5-14(16)7-3-6-13/h2-4,7-11,13-14H,5-6H2,1H3/t13-,14+/m1/s1. The molecule has 2 aliphatic heterocycles. The third kappa shape index (κ3) is 2.15. The summed E-state index contributed by atoms with van der Waals surface area (Å²) in [4.78, 5) is 0.388. The fourth-order valence-electron chi connectivity index (χ4n) is 2.72. The van der Waals surface area contributed by atoms with Crippen LogP contribution in [0.1, 0.15) is 18.4 Å². The van der Waals surface area contributed by atoms with E-state index in [0.717, 1.165) is 18.4 Å². The Hall–Kier alpha value is -1.39. The molecule has 0 amide bonds. The second kappa shape index (κ2) is 4.62. The van der Waals surface area contributed by atoms with Crippen LogP contribution in [0.15, 0.2) is 53.5 Å². The maximum absolute atomic E-state index is 12.8. The number of hydrogen-bond donors (Lipinski definition) is 0. The van der Waals surface area contributed by atoms with Crippen LogP contribution in [0, 0.1) is 6.92 Å². The molecule has 0 radical (unpaired) electrons. The number of fused-ring (bicyclic) bond motifs is 2. The summed E-state index contributed by atoms with van der Waals surface area (Å²) >= 11 is 0. The highest BCUT2D eigenvalue weighted by Gasteiger charge is 2.37. The summed E-state index contributed by atoms with van der Waals surface area (Å²) in [6.07, 6.45) is 9.70. The van der Waals surface area contributed by atoms with Gasteiger partial charge in [-0.2, -0.15) is 4.31 Å². The first-order chi connectivity index (χ1) is 9.09. The molecular weight excluding hydrogens is 258 g/mol. The Labute approximate surface area is 114 Å². The van der Waals surface area contributed by atoms with Gasteiger partial charge < -0.3 is 0 Å². The SMILES string of the molecule is Cc1ccc(S(=O)(=O)N2[C@@H]3C=CC[C@H]2C=CC3)cc1. The van der Waals surface area contributed by atoms with Crippen LogP contribution in [0.4, 0.5) is 0 Å². The van der Waals surface area contributed by atoms with Gasteiger partial charge in [-0.3, -0.25) is 0 Å². The summed E-state index contributed by atoms with van der Waals surface area (Å²) in [6, 6.07) is 7.02. The molecule has 2 heterocycles. The highest BCUT2D eigenvalue weighted by atomic mass is 32.2. The van der Waals surface area contributed by atoms with Crippen LogP contribution in [0.2, 0.25) is 0 Å². The van der Waals surface area contributed by atoms with Crippen molar-refractivity contribution in [2.75, 3.05) is 0 Å². The largest absolute Gasteiger partial charge is 0.244 e. The summed E-state index contributed by atoms with van der Waals surface area (Å²) in [5.41, 5.74) is 1.07. The van der Waals surface area contributed by atoms with Gasteiger partial charge >= 0.3 is 0 Å². The van der Waals surface area contributed by atoms with Gasteiger partial charge in [0.15, 0.2) is 0 Å². The molecule has 0 unspecified atom stereocenters. The Morgan fingerprint density at radius 2 is 1.53 bits per heavy atom. The zero-order valence-electron chi connectivity index (χ0n) is 10.9. The smallest absolute Gasteiger partial charge is 0.207 e. The Morgan fingerprint density at radius 1 is 1.00 bits per heavy atom. The van der Waals surface area contributed by atoms with E-state index in [4.69, 9.17) is 0 Å². The van der Waals surface area contributed by atoms with E-state index in [0.29, 0.717) is 4.90 Å². The summed E-state index contributed by atoms with van der Waals surface area (Å²) in [6.45, 7) is 1.96. The molecule has 4 heteroatoms. The highest BCUT2D eigenvalue weighted by molar-refractivity contribution is 7.89. The van der Waals surface area contributed by atoms with Crippen LogP contribution < -0.4 is 0 Å². The van der Waals surface area contributed by atoms with Crippen molar-refractivity contribution in [3.63, 3.8) is 0 Å². The van der Waals surface area contributed by atoms with E-state index < -0.39 is 10.0 Å². The number of aryl methyl sites for hydroxylation is 1. The molecule has 3 rings (SSSR count). The van der Waals surface area contributed by atoms with E-state index in [1.54, 1.807) is 16.4 Å². The van der Waals surface area contributed by atoms with Crippen LogP contribution in [-0.4, -0.2) is 24.8 Å². The summed E-state index contributed by atoms with van der Waals surface area (Å²) in [7, 11) is -3.41. The lowest BCUT2D eigenvalue weighted by Gasteiger charge is -2.39. The van der Waals surface area contributed by atoms with E-state index in [1.807, 2.05) is 31.2 Å². The predicted octanol–water partition coefficient (Wildman–Crippen LogP) is 2.64. The van der Waals surface area contributed by atoms with Crippen LogP contribution in [0.25, 0.3) is 0 Å². The van der Waals surface area contributed by atoms with Crippen molar-refractivity contribution in [1.82, 2.24) is 4.31 Å². The van der Waals surface area contributed by atoms with Gasteiger partial charge in [0.1, 0.15) is 0 Å². The Balaban J connectivity index is 2.03. The number of nitrogens with zero attached hydrogens (tertiary/aromatic N) is 1. The van der Waals surface area contributed by atoms with Gasteiger partial charge in [0.2, 0.25) is 10.0 Å². The molecule has 2 bridgehead atoms. The molecule has 0 fully saturated rings. The van der Waals surface area contributed by atoms with Crippen molar-refractivity contribution in [3.8, 4) is 0 Å². The number of sulfonamides is 1. The van der Waals surface area contributed by atoms with Crippen LogP contribution in [-0.2, 0) is 10.0 Å². The van der Waals surface area contributed by atoms with Crippen molar-refractivity contribution >= 4 is 10.0 Å². The number of hydrogen-bond acceptors (Lipinski definition) is 2. The molecule has 1 aromatic rings. The molecule has 100 valence electrons. The fraction of sp³-hybridized carbons (Fsp3) is 0.333. The quantitative estimate of drug-likeness (QED) is 0.778. The molecular formula is C15H17NO2S. The lowest BCUT2D eigenvalue weighted by atomic mass is 9.98. The van der Waals surface area contributed by atoms with Gasteiger partial charge in [0, 0.05) is 12.1 Å². The van der Waals surface area contributed by atoms with Crippen molar-refractivity contribution in [1.29, 1.82) is 0 Å². The molecule has 0 spiro atoms. The van der Waals surface area contributed by atoms with Crippen molar-refractivity contribution in [3.05, 3.63) is 54.1 Å². The number of benzene rings is 1. The second-order valence-corrected chi connectivity index (χ2v) is 6.95. The van der Waals surface area contributed by atoms with Gasteiger partial charge in [-0.05, 0) is 31.9 Å². The van der Waals surface area contributed by atoms with E-state index >= 15 is 0 Å². The molecule has 19 heavy (non-hydrogen) atoms. The Kier molecular flexibility index (Phi) is 3.07. The Bertz CT molecular complexity index is 609. The van der Waals surface area contributed by atoms with E-state index in [9.17, 15) is 8.42 Å². The van der Waals surface area contributed by atoms with E-state index in [2.05, 4.69) is 12.2 Å². The normalized spacial score (nSPS) is 26.6. The van der Waals surface area contributed by atoms with Crippen LogP contribution in [0.5, 0.6) is 0 Å².